The van der Waals surface area contributed by atoms with Crippen LogP contribution in [-0.2, 0) is 21.4 Å². The zero-order valence-electron chi connectivity index (χ0n) is 12.9. The molecule has 0 radical (unpaired) electrons. The lowest BCUT2D eigenvalue weighted by Gasteiger charge is -2.24. The van der Waals surface area contributed by atoms with Gasteiger partial charge in [-0.15, -0.1) is 0 Å². The molecule has 1 aromatic carbocycles. The minimum absolute atomic E-state index is 0.0269. The second kappa shape index (κ2) is 6.75. The maximum absolute atomic E-state index is 11.7. The number of carbonyl (C=O) groups is 1. The van der Waals surface area contributed by atoms with Crippen LogP contribution in [0.15, 0.2) is 12.1 Å². The van der Waals surface area contributed by atoms with E-state index in [1.54, 1.807) is 7.11 Å². The predicted molar refractivity (Wildman–Crippen MR) is 78.2 cm³/mol. The Hall–Kier alpha value is -1.55. The molecule has 112 valence electrons. The van der Waals surface area contributed by atoms with E-state index in [9.17, 15) is 4.79 Å². The molecule has 0 aliphatic carbocycles. The van der Waals surface area contributed by atoms with Crippen LogP contribution in [0.1, 0.15) is 37.5 Å². The van der Waals surface area contributed by atoms with E-state index in [2.05, 4.69) is 26.8 Å². The highest BCUT2D eigenvalue weighted by Crippen LogP contribution is 2.35. The minimum Gasteiger partial charge on any atom is -0.496 e. The molecule has 1 aromatic rings. The number of carbonyl (C=O) groups excluding carboxylic acids is 1. The van der Waals surface area contributed by atoms with Gasteiger partial charge in [-0.25, -0.2) is 0 Å². The average molecular weight is 280 g/mol. The molecule has 0 amide bonds. The van der Waals surface area contributed by atoms with E-state index in [0.29, 0.717) is 0 Å². The molecular weight excluding hydrogens is 256 g/mol. The molecule has 0 fully saturated rings. The predicted octanol–water partition coefficient (Wildman–Crippen LogP) is 2.38. The number of ether oxygens (including phenoxy) is 2. The lowest BCUT2D eigenvalue weighted by atomic mass is 9.83. The molecular formula is C16H24O4. The summed E-state index contributed by atoms with van der Waals surface area (Å²) in [4.78, 5) is 11.7. The Labute approximate surface area is 120 Å². The number of methoxy groups -OCH3 is 1. The summed E-state index contributed by atoms with van der Waals surface area (Å²) in [5, 5.41) is 8.67. The number of rotatable bonds is 5. The Morgan fingerprint density at radius 2 is 1.95 bits per heavy atom. The summed E-state index contributed by atoms with van der Waals surface area (Å²) in [6, 6.07) is 4.02. The molecule has 0 spiro atoms. The third kappa shape index (κ3) is 4.23. The Morgan fingerprint density at radius 1 is 1.30 bits per heavy atom. The van der Waals surface area contributed by atoms with E-state index >= 15 is 0 Å². The number of aliphatic hydroxyl groups is 1. The van der Waals surface area contributed by atoms with Gasteiger partial charge in [-0.05, 0) is 12.3 Å². The molecule has 4 nitrogen and oxygen atoms in total. The van der Waals surface area contributed by atoms with Crippen molar-refractivity contribution in [2.45, 2.75) is 39.5 Å². The molecule has 0 aromatic heterocycles. The summed E-state index contributed by atoms with van der Waals surface area (Å²) in [6.45, 7) is 8.19. The Morgan fingerprint density at radius 3 is 2.45 bits per heavy atom. The van der Waals surface area contributed by atoms with Crippen molar-refractivity contribution in [1.29, 1.82) is 0 Å². The number of benzene rings is 1. The van der Waals surface area contributed by atoms with Gasteiger partial charge in [0.25, 0.3) is 0 Å². The van der Waals surface area contributed by atoms with Crippen molar-refractivity contribution in [3.8, 4) is 5.75 Å². The number of hydrogen-bond donors (Lipinski definition) is 1. The van der Waals surface area contributed by atoms with E-state index in [0.717, 1.165) is 22.4 Å². The van der Waals surface area contributed by atoms with Crippen molar-refractivity contribution < 1.29 is 19.4 Å². The molecule has 0 atom stereocenters. The van der Waals surface area contributed by atoms with Gasteiger partial charge in [0.15, 0.2) is 0 Å². The highest BCUT2D eigenvalue weighted by Gasteiger charge is 2.22. The van der Waals surface area contributed by atoms with Crippen molar-refractivity contribution in [2.75, 3.05) is 20.3 Å². The first-order valence-electron chi connectivity index (χ1n) is 6.74. The van der Waals surface area contributed by atoms with E-state index in [4.69, 9.17) is 14.6 Å². The second-order valence-corrected chi connectivity index (χ2v) is 5.88. The minimum atomic E-state index is -0.359. The SMILES string of the molecule is COc1c(CC(=O)OCCO)cc(C)cc1C(C)(C)C. The number of hydrogen-bond acceptors (Lipinski definition) is 4. The largest absolute Gasteiger partial charge is 0.496 e. The summed E-state index contributed by atoms with van der Waals surface area (Å²) < 4.78 is 10.4. The topological polar surface area (TPSA) is 55.8 Å². The van der Waals surface area contributed by atoms with E-state index < -0.39 is 0 Å². The highest BCUT2D eigenvalue weighted by atomic mass is 16.5. The zero-order chi connectivity index (χ0) is 15.3. The van der Waals surface area contributed by atoms with Gasteiger partial charge in [0.05, 0.1) is 20.1 Å². The fourth-order valence-electron chi connectivity index (χ4n) is 2.14. The molecule has 0 heterocycles. The van der Waals surface area contributed by atoms with Crippen LogP contribution >= 0.6 is 0 Å². The standard InChI is InChI=1S/C16H24O4/c1-11-8-12(10-14(18)20-7-6-17)15(19-5)13(9-11)16(2,3)4/h8-9,17H,6-7,10H2,1-5H3. The third-order valence-corrected chi connectivity index (χ3v) is 3.01. The van der Waals surface area contributed by atoms with Gasteiger partial charge < -0.3 is 14.6 Å². The molecule has 0 unspecified atom stereocenters. The maximum Gasteiger partial charge on any atom is 0.310 e. The second-order valence-electron chi connectivity index (χ2n) is 5.88. The fraction of sp³-hybridized carbons (Fsp3) is 0.562. The Kier molecular flexibility index (Phi) is 5.57. The van der Waals surface area contributed by atoms with Gasteiger partial charge in [-0.2, -0.15) is 0 Å². The average Bonchev–Trinajstić information content (AvgIpc) is 2.34. The normalized spacial score (nSPS) is 11.3. The van der Waals surface area contributed by atoms with Gasteiger partial charge >= 0.3 is 5.97 Å². The quantitative estimate of drug-likeness (QED) is 0.841. The summed E-state index contributed by atoms with van der Waals surface area (Å²) in [6.07, 6.45) is 0.147. The molecule has 1 rings (SSSR count). The van der Waals surface area contributed by atoms with Crippen molar-refractivity contribution in [1.82, 2.24) is 0 Å². The molecule has 0 aliphatic rings. The van der Waals surface area contributed by atoms with Gasteiger partial charge in [0, 0.05) is 11.1 Å². The van der Waals surface area contributed by atoms with Crippen LogP contribution in [0.4, 0.5) is 0 Å². The van der Waals surface area contributed by atoms with Crippen LogP contribution in [0.3, 0.4) is 0 Å². The monoisotopic (exact) mass is 280 g/mol. The van der Waals surface area contributed by atoms with Crippen molar-refractivity contribution in [3.63, 3.8) is 0 Å². The lowest BCUT2D eigenvalue weighted by Crippen LogP contribution is -2.16. The first-order chi connectivity index (χ1) is 9.29. The third-order valence-electron chi connectivity index (χ3n) is 3.01. The van der Waals surface area contributed by atoms with Crippen LogP contribution in [0.25, 0.3) is 0 Å². The first kappa shape index (κ1) is 16.5. The number of aryl methyl sites for hydroxylation is 1. The van der Waals surface area contributed by atoms with E-state index in [1.807, 2.05) is 13.0 Å². The van der Waals surface area contributed by atoms with Crippen LogP contribution in [0.5, 0.6) is 5.75 Å². The van der Waals surface area contributed by atoms with E-state index in [-0.39, 0.29) is 31.0 Å². The van der Waals surface area contributed by atoms with Crippen molar-refractivity contribution in [3.05, 3.63) is 28.8 Å². The van der Waals surface area contributed by atoms with Crippen molar-refractivity contribution >= 4 is 5.97 Å². The summed E-state index contributed by atoms with van der Waals surface area (Å²) in [5.41, 5.74) is 2.91. The fourth-order valence-corrected chi connectivity index (χ4v) is 2.14. The van der Waals surface area contributed by atoms with Gasteiger partial charge in [0.2, 0.25) is 0 Å². The summed E-state index contributed by atoms with van der Waals surface area (Å²) in [5.74, 6) is 0.381. The molecule has 0 bridgehead atoms. The van der Waals surface area contributed by atoms with E-state index in [1.165, 1.54) is 0 Å². The van der Waals surface area contributed by atoms with Crippen LogP contribution < -0.4 is 4.74 Å². The molecule has 0 aliphatic heterocycles. The van der Waals surface area contributed by atoms with Gasteiger partial charge in [-0.1, -0.05) is 38.5 Å². The van der Waals surface area contributed by atoms with Crippen LogP contribution in [-0.4, -0.2) is 31.4 Å². The molecule has 20 heavy (non-hydrogen) atoms. The first-order valence-corrected chi connectivity index (χ1v) is 6.74. The zero-order valence-corrected chi connectivity index (χ0v) is 12.9. The molecule has 1 N–H and O–H groups in total. The van der Waals surface area contributed by atoms with Gasteiger partial charge in [0.1, 0.15) is 12.4 Å². The highest BCUT2D eigenvalue weighted by molar-refractivity contribution is 5.74. The molecule has 0 saturated heterocycles. The Balaban J connectivity index is 3.13. The number of aliphatic hydroxyl groups excluding tert-OH is 1. The lowest BCUT2D eigenvalue weighted by molar-refractivity contribution is -0.143. The maximum atomic E-state index is 11.7. The molecule has 4 heteroatoms. The van der Waals surface area contributed by atoms with Crippen LogP contribution in [0.2, 0.25) is 0 Å². The summed E-state index contributed by atoms with van der Waals surface area (Å²) in [7, 11) is 1.61. The molecule has 0 saturated carbocycles. The smallest absolute Gasteiger partial charge is 0.310 e. The van der Waals surface area contributed by atoms with Gasteiger partial charge in [-0.3, -0.25) is 4.79 Å². The van der Waals surface area contributed by atoms with Crippen LogP contribution in [0, 0.1) is 6.92 Å². The summed E-state index contributed by atoms with van der Waals surface area (Å²) >= 11 is 0. The van der Waals surface area contributed by atoms with Crippen molar-refractivity contribution in [2.24, 2.45) is 0 Å². The number of esters is 1. The Bertz CT molecular complexity index is 472.